The van der Waals surface area contributed by atoms with Crippen LogP contribution in [0.5, 0.6) is 5.75 Å². The SMILES string of the molecule is COc1ccc(C#CCN)c(CN2CCC(CO)C2)c1. The van der Waals surface area contributed by atoms with Gasteiger partial charge in [0, 0.05) is 25.3 Å². The fraction of sp³-hybridized carbons (Fsp3) is 0.500. The molecule has 1 unspecified atom stereocenters. The number of nitrogens with zero attached hydrogens (tertiary/aromatic N) is 1. The molecule has 1 aromatic carbocycles. The van der Waals surface area contributed by atoms with E-state index in [2.05, 4.69) is 16.7 Å². The van der Waals surface area contributed by atoms with Gasteiger partial charge in [-0.3, -0.25) is 4.90 Å². The van der Waals surface area contributed by atoms with E-state index in [0.29, 0.717) is 12.5 Å². The van der Waals surface area contributed by atoms with Gasteiger partial charge in [-0.05, 0) is 42.6 Å². The van der Waals surface area contributed by atoms with Crippen LogP contribution in [0.4, 0.5) is 0 Å². The number of methoxy groups -OCH3 is 1. The van der Waals surface area contributed by atoms with Crippen LogP contribution in [-0.4, -0.2) is 43.4 Å². The lowest BCUT2D eigenvalue weighted by Gasteiger charge is -2.17. The van der Waals surface area contributed by atoms with Crippen molar-refractivity contribution in [2.45, 2.75) is 13.0 Å². The molecule has 108 valence electrons. The van der Waals surface area contributed by atoms with Gasteiger partial charge in [0.15, 0.2) is 0 Å². The van der Waals surface area contributed by atoms with E-state index in [9.17, 15) is 5.11 Å². The van der Waals surface area contributed by atoms with Gasteiger partial charge in [-0.25, -0.2) is 0 Å². The van der Waals surface area contributed by atoms with E-state index in [-0.39, 0.29) is 6.61 Å². The van der Waals surface area contributed by atoms with Crippen molar-refractivity contribution in [3.05, 3.63) is 29.3 Å². The molecule has 0 aliphatic carbocycles. The van der Waals surface area contributed by atoms with Crippen LogP contribution in [0.15, 0.2) is 18.2 Å². The van der Waals surface area contributed by atoms with Gasteiger partial charge in [0.25, 0.3) is 0 Å². The zero-order chi connectivity index (χ0) is 14.4. The molecule has 20 heavy (non-hydrogen) atoms. The molecule has 1 atom stereocenters. The first kappa shape index (κ1) is 14.9. The first-order chi connectivity index (χ1) is 9.76. The van der Waals surface area contributed by atoms with Crippen LogP contribution in [0.2, 0.25) is 0 Å². The van der Waals surface area contributed by atoms with E-state index in [1.165, 1.54) is 0 Å². The van der Waals surface area contributed by atoms with Crippen molar-refractivity contribution in [1.82, 2.24) is 4.90 Å². The standard InChI is InChI=1S/C16H22N2O2/c1-20-16-5-4-14(3-2-7-17)15(9-16)11-18-8-6-13(10-18)12-19/h4-5,9,13,19H,6-8,10-12,17H2,1H3. The first-order valence-corrected chi connectivity index (χ1v) is 6.96. The Morgan fingerprint density at radius 1 is 1.50 bits per heavy atom. The molecule has 0 spiro atoms. The summed E-state index contributed by atoms with van der Waals surface area (Å²) in [7, 11) is 1.67. The molecule has 0 radical (unpaired) electrons. The maximum absolute atomic E-state index is 9.22. The molecular weight excluding hydrogens is 252 g/mol. The van der Waals surface area contributed by atoms with Gasteiger partial charge in [-0.15, -0.1) is 0 Å². The Labute approximate surface area is 120 Å². The molecule has 4 heteroatoms. The molecule has 1 fully saturated rings. The van der Waals surface area contributed by atoms with Crippen molar-refractivity contribution in [1.29, 1.82) is 0 Å². The molecule has 1 aliphatic heterocycles. The minimum atomic E-state index is 0.272. The summed E-state index contributed by atoms with van der Waals surface area (Å²) < 4.78 is 5.29. The maximum atomic E-state index is 9.22. The fourth-order valence-electron chi connectivity index (χ4n) is 2.54. The number of rotatable bonds is 4. The quantitative estimate of drug-likeness (QED) is 0.798. The molecule has 0 amide bonds. The van der Waals surface area contributed by atoms with E-state index in [1.54, 1.807) is 7.11 Å². The highest BCUT2D eigenvalue weighted by atomic mass is 16.5. The van der Waals surface area contributed by atoms with Gasteiger partial charge in [-0.2, -0.15) is 0 Å². The monoisotopic (exact) mass is 274 g/mol. The molecule has 4 nitrogen and oxygen atoms in total. The second-order valence-electron chi connectivity index (χ2n) is 5.10. The number of hydrogen-bond acceptors (Lipinski definition) is 4. The lowest BCUT2D eigenvalue weighted by atomic mass is 10.1. The molecule has 1 aromatic rings. The number of aliphatic hydroxyl groups is 1. The Balaban J connectivity index is 2.15. The first-order valence-electron chi connectivity index (χ1n) is 6.96. The van der Waals surface area contributed by atoms with Crippen molar-refractivity contribution < 1.29 is 9.84 Å². The van der Waals surface area contributed by atoms with Crippen molar-refractivity contribution in [3.8, 4) is 17.6 Å². The maximum Gasteiger partial charge on any atom is 0.119 e. The summed E-state index contributed by atoms with van der Waals surface area (Å²) in [6, 6.07) is 5.94. The average molecular weight is 274 g/mol. The van der Waals surface area contributed by atoms with Crippen molar-refractivity contribution in [2.75, 3.05) is 33.4 Å². The molecular formula is C16H22N2O2. The number of likely N-dealkylation sites (tertiary alicyclic amines) is 1. The summed E-state index contributed by atoms with van der Waals surface area (Å²) in [5.41, 5.74) is 7.61. The summed E-state index contributed by atoms with van der Waals surface area (Å²) >= 11 is 0. The lowest BCUT2D eigenvalue weighted by molar-refractivity contribution is 0.220. The molecule has 1 saturated heterocycles. The Morgan fingerprint density at radius 2 is 2.35 bits per heavy atom. The smallest absolute Gasteiger partial charge is 0.119 e. The van der Waals surface area contributed by atoms with Crippen LogP contribution in [0.1, 0.15) is 17.5 Å². The molecule has 1 heterocycles. The fourth-order valence-corrected chi connectivity index (χ4v) is 2.54. The highest BCUT2D eigenvalue weighted by Gasteiger charge is 2.22. The Hall–Kier alpha value is -1.54. The third kappa shape index (κ3) is 3.73. The van der Waals surface area contributed by atoms with Crippen LogP contribution < -0.4 is 10.5 Å². The number of ether oxygens (including phenoxy) is 1. The van der Waals surface area contributed by atoms with Gasteiger partial charge in [0.05, 0.1) is 13.7 Å². The third-order valence-electron chi connectivity index (χ3n) is 3.66. The summed E-state index contributed by atoms with van der Waals surface area (Å²) in [5, 5.41) is 9.22. The minimum absolute atomic E-state index is 0.272. The molecule has 0 aromatic heterocycles. The number of nitrogens with two attached hydrogens (primary N) is 1. The highest BCUT2D eigenvalue weighted by Crippen LogP contribution is 2.22. The summed E-state index contributed by atoms with van der Waals surface area (Å²) in [6.45, 7) is 3.43. The molecule has 0 saturated carbocycles. The zero-order valence-electron chi connectivity index (χ0n) is 11.9. The largest absolute Gasteiger partial charge is 0.497 e. The predicted molar refractivity (Wildman–Crippen MR) is 79.4 cm³/mol. The van der Waals surface area contributed by atoms with Crippen molar-refractivity contribution in [3.63, 3.8) is 0 Å². The number of hydrogen-bond donors (Lipinski definition) is 2. The predicted octanol–water partition coefficient (Wildman–Crippen LogP) is 0.820. The Bertz CT molecular complexity index is 505. The Morgan fingerprint density at radius 3 is 3.00 bits per heavy atom. The second kappa shape index (κ2) is 7.30. The summed E-state index contributed by atoms with van der Waals surface area (Å²) in [4.78, 5) is 2.35. The normalized spacial score (nSPS) is 18.6. The topological polar surface area (TPSA) is 58.7 Å². The summed E-state index contributed by atoms with van der Waals surface area (Å²) in [5.74, 6) is 7.27. The molecule has 2 rings (SSSR count). The van der Waals surface area contributed by atoms with E-state index in [0.717, 1.165) is 42.9 Å². The lowest BCUT2D eigenvalue weighted by Crippen LogP contribution is -2.21. The third-order valence-corrected chi connectivity index (χ3v) is 3.66. The number of aliphatic hydroxyl groups excluding tert-OH is 1. The van der Waals surface area contributed by atoms with Gasteiger partial charge in [-0.1, -0.05) is 11.8 Å². The minimum Gasteiger partial charge on any atom is -0.497 e. The highest BCUT2D eigenvalue weighted by molar-refractivity contribution is 5.45. The van der Waals surface area contributed by atoms with Gasteiger partial charge < -0.3 is 15.6 Å². The molecule has 3 N–H and O–H groups in total. The second-order valence-corrected chi connectivity index (χ2v) is 5.10. The zero-order valence-corrected chi connectivity index (χ0v) is 11.9. The van der Waals surface area contributed by atoms with E-state index < -0.39 is 0 Å². The van der Waals surface area contributed by atoms with Gasteiger partial charge in [0.2, 0.25) is 0 Å². The van der Waals surface area contributed by atoms with Crippen LogP contribution in [0.3, 0.4) is 0 Å². The van der Waals surface area contributed by atoms with Crippen LogP contribution in [-0.2, 0) is 6.54 Å². The van der Waals surface area contributed by atoms with Gasteiger partial charge in [0.1, 0.15) is 5.75 Å². The Kier molecular flexibility index (Phi) is 5.42. The molecule has 0 bridgehead atoms. The van der Waals surface area contributed by atoms with Crippen molar-refractivity contribution in [2.24, 2.45) is 11.7 Å². The van der Waals surface area contributed by atoms with Crippen LogP contribution in [0, 0.1) is 17.8 Å². The van der Waals surface area contributed by atoms with Gasteiger partial charge >= 0.3 is 0 Å². The summed E-state index contributed by atoms with van der Waals surface area (Å²) in [6.07, 6.45) is 1.06. The van der Waals surface area contributed by atoms with E-state index in [4.69, 9.17) is 10.5 Å². The average Bonchev–Trinajstić information content (AvgIpc) is 2.93. The van der Waals surface area contributed by atoms with Crippen LogP contribution >= 0.6 is 0 Å². The van der Waals surface area contributed by atoms with E-state index in [1.807, 2.05) is 18.2 Å². The van der Waals surface area contributed by atoms with Crippen LogP contribution in [0.25, 0.3) is 0 Å². The number of benzene rings is 1. The van der Waals surface area contributed by atoms with E-state index >= 15 is 0 Å². The molecule has 1 aliphatic rings. The van der Waals surface area contributed by atoms with Crippen molar-refractivity contribution >= 4 is 0 Å².